The summed E-state index contributed by atoms with van der Waals surface area (Å²) in [5, 5.41) is 12.4. The zero-order valence-electron chi connectivity index (χ0n) is 8.52. The summed E-state index contributed by atoms with van der Waals surface area (Å²) in [7, 11) is 1.62. The van der Waals surface area contributed by atoms with Crippen LogP contribution in [0.15, 0.2) is 10.7 Å². The molecule has 1 heterocycles. The van der Waals surface area contributed by atoms with Crippen LogP contribution in [0.1, 0.15) is 23.0 Å². The third-order valence-corrected chi connectivity index (χ3v) is 2.19. The number of aryl methyl sites for hydroxylation is 1. The molecular weight excluding hydrogens is 184 g/mol. The lowest BCUT2D eigenvalue weighted by Gasteiger charge is -2.21. The molecule has 5 nitrogen and oxygen atoms in total. The molecule has 0 saturated heterocycles. The third-order valence-electron chi connectivity index (χ3n) is 2.19. The Hall–Kier alpha value is -1.36. The van der Waals surface area contributed by atoms with Crippen molar-refractivity contribution in [2.45, 2.75) is 19.9 Å². The first-order valence-corrected chi connectivity index (χ1v) is 4.37. The second-order valence-corrected chi connectivity index (χ2v) is 3.29. The fourth-order valence-electron chi connectivity index (χ4n) is 0.979. The summed E-state index contributed by atoms with van der Waals surface area (Å²) in [6.07, 6.45) is 1.49. The SMILES string of the molecule is Cc1cnoc1C(=O)N(C)C(C)CO. The van der Waals surface area contributed by atoms with Crippen molar-refractivity contribution in [3.63, 3.8) is 0 Å². The largest absolute Gasteiger partial charge is 0.394 e. The van der Waals surface area contributed by atoms with Crippen LogP contribution in [0.5, 0.6) is 0 Å². The molecule has 1 unspecified atom stereocenters. The van der Waals surface area contributed by atoms with Crippen LogP contribution in [0.4, 0.5) is 0 Å². The van der Waals surface area contributed by atoms with E-state index in [1.807, 2.05) is 0 Å². The molecule has 1 N–H and O–H groups in total. The fourth-order valence-corrected chi connectivity index (χ4v) is 0.979. The molecule has 0 aromatic carbocycles. The number of hydrogen-bond donors (Lipinski definition) is 1. The second-order valence-electron chi connectivity index (χ2n) is 3.29. The summed E-state index contributed by atoms with van der Waals surface area (Å²) in [5.74, 6) is -0.0330. The molecule has 0 saturated carbocycles. The molecule has 0 aliphatic rings. The molecule has 0 aliphatic carbocycles. The van der Waals surface area contributed by atoms with Crippen molar-refractivity contribution in [3.05, 3.63) is 17.5 Å². The van der Waals surface area contributed by atoms with Gasteiger partial charge in [-0.1, -0.05) is 5.16 Å². The highest BCUT2D eigenvalue weighted by Gasteiger charge is 2.21. The maximum Gasteiger partial charge on any atom is 0.292 e. The van der Waals surface area contributed by atoms with E-state index in [4.69, 9.17) is 9.63 Å². The zero-order valence-corrected chi connectivity index (χ0v) is 8.52. The Labute approximate surface area is 82.3 Å². The van der Waals surface area contributed by atoms with E-state index >= 15 is 0 Å². The Morgan fingerprint density at radius 1 is 1.79 bits per heavy atom. The normalized spacial score (nSPS) is 12.6. The van der Waals surface area contributed by atoms with Gasteiger partial charge < -0.3 is 14.5 Å². The number of amides is 1. The van der Waals surface area contributed by atoms with Crippen LogP contribution in [0.25, 0.3) is 0 Å². The lowest BCUT2D eigenvalue weighted by Crippen LogP contribution is -2.37. The van der Waals surface area contributed by atoms with Gasteiger partial charge in [-0.15, -0.1) is 0 Å². The standard InChI is InChI=1S/C9H14N2O3/c1-6-4-10-14-8(6)9(13)11(3)7(2)5-12/h4,7,12H,5H2,1-3H3. The minimum absolute atomic E-state index is 0.0740. The van der Waals surface area contributed by atoms with Gasteiger partial charge in [0.1, 0.15) is 0 Å². The van der Waals surface area contributed by atoms with Crippen LogP contribution < -0.4 is 0 Å². The smallest absolute Gasteiger partial charge is 0.292 e. The van der Waals surface area contributed by atoms with Crippen molar-refractivity contribution in [1.82, 2.24) is 10.1 Å². The lowest BCUT2D eigenvalue weighted by atomic mass is 10.2. The average Bonchev–Trinajstić information content (AvgIpc) is 2.61. The van der Waals surface area contributed by atoms with E-state index in [9.17, 15) is 4.79 Å². The second kappa shape index (κ2) is 4.23. The first-order valence-electron chi connectivity index (χ1n) is 4.37. The Morgan fingerprint density at radius 2 is 2.43 bits per heavy atom. The van der Waals surface area contributed by atoms with Gasteiger partial charge in [-0.25, -0.2) is 0 Å². The van der Waals surface area contributed by atoms with Gasteiger partial charge in [0.05, 0.1) is 18.8 Å². The van der Waals surface area contributed by atoms with Crippen molar-refractivity contribution < 1.29 is 14.4 Å². The minimum Gasteiger partial charge on any atom is -0.394 e. The lowest BCUT2D eigenvalue weighted by molar-refractivity contribution is 0.0640. The Kier molecular flexibility index (Phi) is 3.24. The van der Waals surface area contributed by atoms with Crippen molar-refractivity contribution in [3.8, 4) is 0 Å². The van der Waals surface area contributed by atoms with E-state index in [0.717, 1.165) is 0 Å². The number of nitrogens with zero attached hydrogens (tertiary/aromatic N) is 2. The quantitative estimate of drug-likeness (QED) is 0.765. The third kappa shape index (κ3) is 1.93. The van der Waals surface area contributed by atoms with E-state index in [1.165, 1.54) is 11.1 Å². The molecule has 0 bridgehead atoms. The summed E-state index contributed by atoms with van der Waals surface area (Å²) in [6.45, 7) is 3.43. The molecular formula is C9H14N2O3. The molecule has 0 radical (unpaired) electrons. The van der Waals surface area contributed by atoms with E-state index in [0.29, 0.717) is 5.56 Å². The van der Waals surface area contributed by atoms with Gasteiger partial charge in [-0.3, -0.25) is 4.79 Å². The Morgan fingerprint density at radius 3 is 2.86 bits per heavy atom. The number of aromatic nitrogens is 1. The number of carbonyl (C=O) groups is 1. The fraction of sp³-hybridized carbons (Fsp3) is 0.556. The van der Waals surface area contributed by atoms with Crippen LogP contribution in [0, 0.1) is 6.92 Å². The van der Waals surface area contributed by atoms with Crippen molar-refractivity contribution in [1.29, 1.82) is 0 Å². The van der Waals surface area contributed by atoms with Crippen molar-refractivity contribution in [2.24, 2.45) is 0 Å². The number of likely N-dealkylation sites (N-methyl/N-ethyl adjacent to an activating group) is 1. The number of hydrogen-bond acceptors (Lipinski definition) is 4. The molecule has 78 valence electrons. The van der Waals surface area contributed by atoms with Gasteiger partial charge in [-0.05, 0) is 13.8 Å². The molecule has 1 amide bonds. The number of aliphatic hydroxyl groups is 1. The van der Waals surface area contributed by atoms with Gasteiger partial charge in [0, 0.05) is 12.6 Å². The van der Waals surface area contributed by atoms with Crippen LogP contribution in [0.2, 0.25) is 0 Å². The Balaban J connectivity index is 2.81. The zero-order chi connectivity index (χ0) is 10.7. The Bertz CT molecular complexity index is 322. The summed E-state index contributed by atoms with van der Waals surface area (Å²) in [5.41, 5.74) is 0.701. The monoisotopic (exact) mass is 198 g/mol. The van der Waals surface area contributed by atoms with Crippen LogP contribution in [0.3, 0.4) is 0 Å². The highest BCUT2D eigenvalue weighted by molar-refractivity contribution is 5.92. The number of rotatable bonds is 3. The van der Waals surface area contributed by atoms with Crippen LogP contribution in [-0.2, 0) is 0 Å². The predicted octanol–water partition coefficient (Wildman–Crippen LogP) is 0.436. The summed E-state index contributed by atoms with van der Waals surface area (Å²) < 4.78 is 4.82. The molecule has 14 heavy (non-hydrogen) atoms. The molecule has 1 atom stereocenters. The maximum absolute atomic E-state index is 11.7. The van der Waals surface area contributed by atoms with E-state index in [1.54, 1.807) is 20.9 Å². The maximum atomic E-state index is 11.7. The molecule has 5 heteroatoms. The molecule has 0 aliphatic heterocycles. The number of carbonyl (C=O) groups excluding carboxylic acids is 1. The van der Waals surface area contributed by atoms with Crippen LogP contribution >= 0.6 is 0 Å². The minimum atomic E-state index is -0.262. The average molecular weight is 198 g/mol. The van der Waals surface area contributed by atoms with Crippen molar-refractivity contribution >= 4 is 5.91 Å². The first kappa shape index (κ1) is 10.7. The number of aliphatic hydroxyl groups excluding tert-OH is 1. The molecule has 0 fully saturated rings. The van der Waals surface area contributed by atoms with E-state index in [-0.39, 0.29) is 24.3 Å². The van der Waals surface area contributed by atoms with Crippen LogP contribution in [-0.4, -0.2) is 40.8 Å². The highest BCUT2D eigenvalue weighted by Crippen LogP contribution is 2.10. The van der Waals surface area contributed by atoms with Gasteiger partial charge in [-0.2, -0.15) is 0 Å². The van der Waals surface area contributed by atoms with E-state index in [2.05, 4.69) is 5.16 Å². The van der Waals surface area contributed by atoms with E-state index < -0.39 is 0 Å². The predicted molar refractivity (Wildman–Crippen MR) is 49.9 cm³/mol. The molecule has 1 aromatic rings. The van der Waals surface area contributed by atoms with Gasteiger partial charge >= 0.3 is 0 Å². The topological polar surface area (TPSA) is 66.6 Å². The van der Waals surface area contributed by atoms with Crippen molar-refractivity contribution in [2.75, 3.05) is 13.7 Å². The summed E-state index contributed by atoms with van der Waals surface area (Å²) in [6, 6.07) is -0.230. The van der Waals surface area contributed by atoms with Gasteiger partial charge in [0.15, 0.2) is 0 Å². The van der Waals surface area contributed by atoms with Gasteiger partial charge in [0.2, 0.25) is 5.76 Å². The molecule has 0 spiro atoms. The molecule has 1 rings (SSSR count). The summed E-state index contributed by atoms with van der Waals surface area (Å²) in [4.78, 5) is 13.1. The highest BCUT2D eigenvalue weighted by atomic mass is 16.5. The first-order chi connectivity index (χ1) is 6.57. The van der Waals surface area contributed by atoms with Gasteiger partial charge in [0.25, 0.3) is 5.91 Å². The summed E-state index contributed by atoms with van der Waals surface area (Å²) >= 11 is 0. The molecule has 1 aromatic heterocycles.